The summed E-state index contributed by atoms with van der Waals surface area (Å²) < 4.78 is 2.59. The Balaban J connectivity index is 1.57. The van der Waals surface area contributed by atoms with Crippen molar-refractivity contribution >= 4 is 27.5 Å². The van der Waals surface area contributed by atoms with Crippen LogP contribution in [0.5, 0.6) is 0 Å². The SMILES string of the molecule is Cc1nn(C(C)C(=O)Nc2ccc(CN3CCCCC3)cc2)cc1Br. The summed E-state index contributed by atoms with van der Waals surface area (Å²) in [5.41, 5.74) is 2.99. The zero-order chi connectivity index (χ0) is 17.8. The zero-order valence-corrected chi connectivity index (χ0v) is 16.4. The van der Waals surface area contributed by atoms with Gasteiger partial charge in [0.15, 0.2) is 0 Å². The van der Waals surface area contributed by atoms with E-state index in [1.165, 1.54) is 37.9 Å². The van der Waals surface area contributed by atoms with Gasteiger partial charge in [-0.05, 0) is 73.4 Å². The van der Waals surface area contributed by atoms with Crippen molar-refractivity contribution in [2.45, 2.75) is 45.7 Å². The van der Waals surface area contributed by atoms with Gasteiger partial charge in [-0.15, -0.1) is 0 Å². The van der Waals surface area contributed by atoms with Crippen LogP contribution in [-0.4, -0.2) is 33.7 Å². The highest BCUT2D eigenvalue weighted by Crippen LogP contribution is 2.19. The smallest absolute Gasteiger partial charge is 0.248 e. The molecule has 1 N–H and O–H groups in total. The summed E-state index contributed by atoms with van der Waals surface area (Å²) in [7, 11) is 0. The number of nitrogens with zero attached hydrogens (tertiary/aromatic N) is 3. The van der Waals surface area contributed by atoms with Gasteiger partial charge in [0.2, 0.25) is 5.91 Å². The molecule has 0 aliphatic carbocycles. The van der Waals surface area contributed by atoms with Crippen molar-refractivity contribution in [3.63, 3.8) is 0 Å². The maximum Gasteiger partial charge on any atom is 0.248 e. The number of piperidine rings is 1. The van der Waals surface area contributed by atoms with Gasteiger partial charge in [0.05, 0.1) is 10.2 Å². The molecule has 3 rings (SSSR count). The molecule has 1 amide bonds. The van der Waals surface area contributed by atoms with Gasteiger partial charge in [0, 0.05) is 18.4 Å². The largest absolute Gasteiger partial charge is 0.324 e. The normalized spacial score (nSPS) is 16.6. The number of carbonyl (C=O) groups excluding carboxylic acids is 1. The van der Waals surface area contributed by atoms with Crippen LogP contribution in [0.4, 0.5) is 5.69 Å². The van der Waals surface area contributed by atoms with Crippen LogP contribution >= 0.6 is 15.9 Å². The van der Waals surface area contributed by atoms with E-state index in [4.69, 9.17) is 0 Å². The van der Waals surface area contributed by atoms with E-state index in [1.807, 2.05) is 32.2 Å². The summed E-state index contributed by atoms with van der Waals surface area (Å²) in [5, 5.41) is 7.33. The predicted octanol–water partition coefficient (Wildman–Crippen LogP) is 4.14. The summed E-state index contributed by atoms with van der Waals surface area (Å²) in [4.78, 5) is 14.9. The van der Waals surface area contributed by atoms with Crippen molar-refractivity contribution in [1.82, 2.24) is 14.7 Å². The van der Waals surface area contributed by atoms with Crippen molar-refractivity contribution in [3.05, 3.63) is 46.2 Å². The van der Waals surface area contributed by atoms with Crippen LogP contribution in [0.25, 0.3) is 0 Å². The number of aryl methyl sites for hydroxylation is 1. The number of nitrogens with one attached hydrogen (secondary N) is 1. The Kier molecular flexibility index (Phi) is 5.91. The van der Waals surface area contributed by atoms with Gasteiger partial charge in [0.25, 0.3) is 0 Å². The van der Waals surface area contributed by atoms with E-state index < -0.39 is 0 Å². The van der Waals surface area contributed by atoms with Gasteiger partial charge in [0.1, 0.15) is 6.04 Å². The number of carbonyl (C=O) groups is 1. The fraction of sp³-hybridized carbons (Fsp3) is 0.474. The fourth-order valence-electron chi connectivity index (χ4n) is 3.09. The highest BCUT2D eigenvalue weighted by atomic mass is 79.9. The number of rotatable bonds is 5. The fourth-order valence-corrected chi connectivity index (χ4v) is 3.38. The number of hydrogen-bond donors (Lipinski definition) is 1. The zero-order valence-electron chi connectivity index (χ0n) is 14.8. The Morgan fingerprint density at radius 1 is 1.24 bits per heavy atom. The van der Waals surface area contributed by atoms with Crippen LogP contribution in [0.3, 0.4) is 0 Å². The Bertz CT molecular complexity index is 700. The number of hydrogen-bond acceptors (Lipinski definition) is 3. The lowest BCUT2D eigenvalue weighted by atomic mass is 10.1. The summed E-state index contributed by atoms with van der Waals surface area (Å²) in [6, 6.07) is 7.80. The molecule has 25 heavy (non-hydrogen) atoms. The first-order chi connectivity index (χ1) is 12.0. The molecule has 0 saturated carbocycles. The van der Waals surface area contributed by atoms with Gasteiger partial charge in [-0.25, -0.2) is 0 Å². The van der Waals surface area contributed by atoms with Crippen molar-refractivity contribution in [2.75, 3.05) is 18.4 Å². The lowest BCUT2D eigenvalue weighted by Crippen LogP contribution is -2.29. The third kappa shape index (κ3) is 4.70. The average molecular weight is 405 g/mol. The monoisotopic (exact) mass is 404 g/mol. The molecule has 1 aromatic carbocycles. The molecule has 2 aromatic rings. The number of amides is 1. The highest BCUT2D eigenvalue weighted by molar-refractivity contribution is 9.10. The van der Waals surface area contributed by atoms with Gasteiger partial charge >= 0.3 is 0 Å². The van der Waals surface area contributed by atoms with Crippen LogP contribution in [0, 0.1) is 6.92 Å². The van der Waals surface area contributed by atoms with E-state index in [0.29, 0.717) is 0 Å². The van der Waals surface area contributed by atoms with Crippen molar-refractivity contribution in [1.29, 1.82) is 0 Å². The molecular weight excluding hydrogens is 380 g/mol. The molecule has 1 aromatic heterocycles. The minimum absolute atomic E-state index is 0.0706. The van der Waals surface area contributed by atoms with E-state index in [2.05, 4.69) is 43.4 Å². The third-order valence-electron chi connectivity index (χ3n) is 4.71. The number of aromatic nitrogens is 2. The van der Waals surface area contributed by atoms with Crippen LogP contribution in [0.1, 0.15) is 43.5 Å². The summed E-state index contributed by atoms with van der Waals surface area (Å²) >= 11 is 3.43. The molecular formula is C19H25BrN4O. The molecule has 5 nitrogen and oxygen atoms in total. The number of anilines is 1. The van der Waals surface area contributed by atoms with Crippen LogP contribution in [0.15, 0.2) is 34.9 Å². The molecule has 1 fully saturated rings. The first-order valence-corrected chi connectivity index (χ1v) is 9.65. The van der Waals surface area contributed by atoms with Crippen molar-refractivity contribution in [2.24, 2.45) is 0 Å². The second-order valence-corrected chi connectivity index (χ2v) is 7.60. The molecule has 1 aliphatic heterocycles. The standard InChI is InChI=1S/C19H25BrN4O/c1-14-18(20)13-24(22-14)15(2)19(25)21-17-8-6-16(7-9-17)12-23-10-4-3-5-11-23/h6-9,13,15H,3-5,10-12H2,1-2H3,(H,21,25). The Morgan fingerprint density at radius 2 is 1.92 bits per heavy atom. The van der Waals surface area contributed by atoms with Gasteiger partial charge in [-0.2, -0.15) is 5.10 Å². The van der Waals surface area contributed by atoms with E-state index in [1.54, 1.807) is 4.68 Å². The van der Waals surface area contributed by atoms with Crippen LogP contribution < -0.4 is 5.32 Å². The lowest BCUT2D eigenvalue weighted by Gasteiger charge is -2.26. The van der Waals surface area contributed by atoms with Crippen LogP contribution in [0.2, 0.25) is 0 Å². The molecule has 0 radical (unpaired) electrons. The van der Waals surface area contributed by atoms with E-state index in [9.17, 15) is 4.79 Å². The molecule has 1 unspecified atom stereocenters. The molecule has 1 saturated heterocycles. The second kappa shape index (κ2) is 8.15. The highest BCUT2D eigenvalue weighted by Gasteiger charge is 2.17. The molecule has 2 heterocycles. The van der Waals surface area contributed by atoms with E-state index in [0.717, 1.165) is 22.4 Å². The van der Waals surface area contributed by atoms with Crippen molar-refractivity contribution < 1.29 is 4.79 Å². The molecule has 134 valence electrons. The lowest BCUT2D eigenvalue weighted by molar-refractivity contribution is -0.119. The first kappa shape index (κ1) is 18.1. The number of halogens is 1. The maximum absolute atomic E-state index is 12.4. The maximum atomic E-state index is 12.4. The number of likely N-dealkylation sites (tertiary alicyclic amines) is 1. The topological polar surface area (TPSA) is 50.2 Å². The first-order valence-electron chi connectivity index (χ1n) is 8.86. The van der Waals surface area contributed by atoms with E-state index in [-0.39, 0.29) is 11.9 Å². The Morgan fingerprint density at radius 3 is 2.52 bits per heavy atom. The minimum Gasteiger partial charge on any atom is -0.324 e. The summed E-state index contributed by atoms with van der Waals surface area (Å²) in [5.74, 6) is -0.0706. The van der Waals surface area contributed by atoms with Gasteiger partial charge < -0.3 is 5.32 Å². The van der Waals surface area contributed by atoms with Crippen LogP contribution in [-0.2, 0) is 11.3 Å². The Hall–Kier alpha value is -1.66. The summed E-state index contributed by atoms with van der Waals surface area (Å²) in [6.45, 7) is 7.13. The van der Waals surface area contributed by atoms with E-state index >= 15 is 0 Å². The average Bonchev–Trinajstić information content (AvgIpc) is 2.96. The molecule has 6 heteroatoms. The predicted molar refractivity (Wildman–Crippen MR) is 104 cm³/mol. The molecule has 1 atom stereocenters. The number of benzene rings is 1. The van der Waals surface area contributed by atoms with Gasteiger partial charge in [-0.3, -0.25) is 14.4 Å². The van der Waals surface area contributed by atoms with Gasteiger partial charge in [-0.1, -0.05) is 18.6 Å². The van der Waals surface area contributed by atoms with Crippen molar-refractivity contribution in [3.8, 4) is 0 Å². The molecule has 0 bridgehead atoms. The molecule has 0 spiro atoms. The summed E-state index contributed by atoms with van der Waals surface area (Å²) in [6.07, 6.45) is 5.79. The quantitative estimate of drug-likeness (QED) is 0.814. The molecule has 1 aliphatic rings. The second-order valence-electron chi connectivity index (χ2n) is 6.74. The third-order valence-corrected chi connectivity index (χ3v) is 5.49. The Labute approximate surface area is 157 Å². The minimum atomic E-state index is -0.363.